The number of nitrogens with one attached hydrogen (secondary N) is 1. The van der Waals surface area contributed by atoms with Crippen molar-refractivity contribution in [2.24, 2.45) is 0 Å². The maximum Gasteiger partial charge on any atom is 0.416 e. The van der Waals surface area contributed by atoms with Crippen LogP contribution in [0.15, 0.2) is 72.8 Å². The Hall–Kier alpha value is -3.81. The average molecular weight is 454 g/mol. The number of hydrogen-bond acceptors (Lipinski definition) is 4. The maximum absolute atomic E-state index is 13.2. The van der Waals surface area contributed by atoms with Gasteiger partial charge in [0.25, 0.3) is 0 Å². The lowest BCUT2D eigenvalue weighted by Gasteiger charge is -2.22. The fourth-order valence-corrected chi connectivity index (χ4v) is 4.17. The van der Waals surface area contributed by atoms with E-state index in [1.165, 1.54) is 12.1 Å². The molecule has 0 saturated carbocycles. The number of fused-ring (bicyclic) bond motifs is 3. The fraction of sp³-hybridized carbons (Fsp3) is 0.200. The van der Waals surface area contributed by atoms with Crippen LogP contribution in [0.5, 0.6) is 0 Å². The van der Waals surface area contributed by atoms with Gasteiger partial charge in [0.05, 0.1) is 17.6 Å². The highest BCUT2D eigenvalue weighted by Crippen LogP contribution is 2.44. The fourth-order valence-electron chi connectivity index (χ4n) is 4.17. The van der Waals surface area contributed by atoms with Crippen LogP contribution in [-0.4, -0.2) is 24.7 Å². The van der Waals surface area contributed by atoms with Gasteiger partial charge in [0.15, 0.2) is 0 Å². The van der Waals surface area contributed by atoms with Crippen molar-refractivity contribution in [1.82, 2.24) is 5.32 Å². The van der Waals surface area contributed by atoms with Crippen molar-refractivity contribution < 1.29 is 32.6 Å². The molecule has 0 heterocycles. The first-order chi connectivity index (χ1) is 15.8. The predicted molar refractivity (Wildman–Crippen MR) is 112 cm³/mol. The van der Waals surface area contributed by atoms with E-state index >= 15 is 0 Å². The Morgan fingerprint density at radius 2 is 1.45 bits per heavy atom. The normalized spacial score (nSPS) is 13.7. The lowest BCUT2D eigenvalue weighted by Crippen LogP contribution is -2.49. The summed E-state index contributed by atoms with van der Waals surface area (Å²) in [7, 11) is 0. The first-order valence-corrected chi connectivity index (χ1v) is 10.2. The van der Waals surface area contributed by atoms with Crippen LogP contribution in [-0.2, 0) is 22.1 Å². The molecule has 1 amide bonds. The van der Waals surface area contributed by atoms with Gasteiger partial charge in [-0.1, -0.05) is 66.7 Å². The van der Waals surface area contributed by atoms with Gasteiger partial charge >= 0.3 is 12.3 Å². The van der Waals surface area contributed by atoms with Gasteiger partial charge in [-0.15, -0.1) is 0 Å². The molecule has 0 saturated heterocycles. The van der Waals surface area contributed by atoms with Gasteiger partial charge in [0.2, 0.25) is 0 Å². The highest BCUT2D eigenvalue weighted by atomic mass is 19.4. The van der Waals surface area contributed by atoms with E-state index in [1.54, 1.807) is 0 Å². The summed E-state index contributed by atoms with van der Waals surface area (Å²) in [5.41, 5.74) is 2.77. The smallest absolute Gasteiger partial charge is 0.416 e. The minimum atomic E-state index is -4.66. The number of amides is 1. The Kier molecular flexibility index (Phi) is 6.09. The minimum Gasteiger partial charge on any atom is -0.548 e. The molecule has 1 aliphatic rings. The van der Waals surface area contributed by atoms with Gasteiger partial charge in [-0.05, 0) is 40.3 Å². The number of alkyl carbamates (subject to hydrolysis) is 1. The zero-order valence-corrected chi connectivity index (χ0v) is 17.3. The molecule has 8 heteroatoms. The van der Waals surface area contributed by atoms with Gasteiger partial charge < -0.3 is 20.0 Å². The minimum absolute atomic E-state index is 0.0568. The summed E-state index contributed by atoms with van der Waals surface area (Å²) in [6.07, 6.45) is -6.30. The van der Waals surface area contributed by atoms with E-state index in [4.69, 9.17) is 4.74 Å². The molecule has 3 aromatic rings. The Balaban J connectivity index is 1.46. The topological polar surface area (TPSA) is 78.5 Å². The number of hydrogen-bond donors (Lipinski definition) is 1. The van der Waals surface area contributed by atoms with Crippen molar-refractivity contribution in [2.75, 3.05) is 6.61 Å². The SMILES string of the molecule is O=C(N[C@H](Cc1ccccc1C(F)(F)F)C(=O)[O-])OCC1c2ccccc2-c2ccccc21. The second-order valence-electron chi connectivity index (χ2n) is 7.70. The molecule has 0 fully saturated rings. The molecule has 5 nitrogen and oxygen atoms in total. The van der Waals surface area contributed by atoms with E-state index in [0.29, 0.717) is 0 Å². The third-order valence-electron chi connectivity index (χ3n) is 5.67. The zero-order chi connectivity index (χ0) is 23.6. The van der Waals surface area contributed by atoms with Crippen LogP contribution in [0.4, 0.5) is 18.0 Å². The molecule has 0 aromatic heterocycles. The van der Waals surface area contributed by atoms with E-state index in [-0.39, 0.29) is 18.1 Å². The molecular weight excluding hydrogens is 435 g/mol. The lowest BCUT2D eigenvalue weighted by atomic mass is 9.98. The molecule has 0 radical (unpaired) electrons. The van der Waals surface area contributed by atoms with Crippen LogP contribution in [0.3, 0.4) is 0 Å². The molecule has 33 heavy (non-hydrogen) atoms. The van der Waals surface area contributed by atoms with Gasteiger partial charge in [-0.3, -0.25) is 0 Å². The number of alkyl halides is 3. The number of halogens is 3. The van der Waals surface area contributed by atoms with Crippen LogP contribution in [0, 0.1) is 0 Å². The van der Waals surface area contributed by atoms with E-state index < -0.39 is 36.3 Å². The quantitative estimate of drug-likeness (QED) is 0.613. The second-order valence-corrected chi connectivity index (χ2v) is 7.70. The molecule has 0 unspecified atom stereocenters. The summed E-state index contributed by atoms with van der Waals surface area (Å²) in [5.74, 6) is -1.95. The van der Waals surface area contributed by atoms with Crippen LogP contribution in [0.25, 0.3) is 11.1 Å². The number of carbonyl (C=O) groups excluding carboxylic acids is 2. The molecule has 1 atom stereocenters. The van der Waals surface area contributed by atoms with E-state index in [2.05, 4.69) is 5.32 Å². The monoisotopic (exact) mass is 454 g/mol. The molecule has 4 rings (SSSR count). The number of carboxylic acid groups (broad SMARTS) is 1. The zero-order valence-electron chi connectivity index (χ0n) is 17.3. The Morgan fingerprint density at radius 1 is 0.909 bits per heavy atom. The van der Waals surface area contributed by atoms with Crippen molar-refractivity contribution in [3.05, 3.63) is 95.1 Å². The van der Waals surface area contributed by atoms with Gasteiger partial charge in [0, 0.05) is 5.92 Å². The van der Waals surface area contributed by atoms with Crippen molar-refractivity contribution in [2.45, 2.75) is 24.6 Å². The summed E-state index contributed by atoms with van der Waals surface area (Å²) >= 11 is 0. The van der Waals surface area contributed by atoms with Gasteiger partial charge in [0.1, 0.15) is 6.61 Å². The maximum atomic E-state index is 13.2. The van der Waals surface area contributed by atoms with Gasteiger partial charge in [-0.2, -0.15) is 13.2 Å². The number of carboxylic acids is 1. The first-order valence-electron chi connectivity index (χ1n) is 10.2. The van der Waals surface area contributed by atoms with E-state index in [1.807, 2.05) is 48.5 Å². The van der Waals surface area contributed by atoms with Crippen molar-refractivity contribution >= 4 is 12.1 Å². The van der Waals surface area contributed by atoms with E-state index in [0.717, 1.165) is 34.4 Å². The number of rotatable bonds is 6. The van der Waals surface area contributed by atoms with Crippen LogP contribution >= 0.6 is 0 Å². The molecule has 0 aliphatic heterocycles. The van der Waals surface area contributed by atoms with Crippen LogP contribution in [0.2, 0.25) is 0 Å². The molecule has 3 aromatic carbocycles. The van der Waals surface area contributed by atoms with Crippen LogP contribution in [0.1, 0.15) is 28.2 Å². The molecule has 0 spiro atoms. The molecule has 1 N–H and O–H groups in total. The Bertz CT molecular complexity index is 1150. The van der Waals surface area contributed by atoms with Gasteiger partial charge in [-0.25, -0.2) is 4.79 Å². The molecule has 170 valence electrons. The Labute approximate surface area is 187 Å². The summed E-state index contributed by atoms with van der Waals surface area (Å²) in [6, 6.07) is 18.3. The highest BCUT2D eigenvalue weighted by Gasteiger charge is 2.34. The summed E-state index contributed by atoms with van der Waals surface area (Å²) in [4.78, 5) is 23.9. The van der Waals surface area contributed by atoms with Crippen molar-refractivity contribution in [3.8, 4) is 11.1 Å². The van der Waals surface area contributed by atoms with Crippen molar-refractivity contribution in [1.29, 1.82) is 0 Å². The highest BCUT2D eigenvalue weighted by molar-refractivity contribution is 5.80. The van der Waals surface area contributed by atoms with Crippen LogP contribution < -0.4 is 10.4 Å². The van der Waals surface area contributed by atoms with E-state index in [9.17, 15) is 27.9 Å². The average Bonchev–Trinajstić information content (AvgIpc) is 3.10. The lowest BCUT2D eigenvalue weighted by molar-refractivity contribution is -0.308. The first kappa shape index (κ1) is 22.4. The summed E-state index contributed by atoms with van der Waals surface area (Å²) in [5, 5.41) is 13.7. The summed E-state index contributed by atoms with van der Waals surface area (Å²) < 4.78 is 45.0. The number of aliphatic carboxylic acids is 1. The second kappa shape index (κ2) is 8.97. The largest absolute Gasteiger partial charge is 0.548 e. The standard InChI is InChI=1S/C25H20F3NO4/c26-25(27,28)21-12-6-1-7-15(21)13-22(23(30)31)29-24(32)33-14-20-18-10-4-2-8-16(18)17-9-3-5-11-19(17)20/h1-12,20,22H,13-14H2,(H,29,32)(H,30,31)/p-1/t22-/m1/s1. The molecular formula is C25H19F3NO4-. The van der Waals surface area contributed by atoms with Crippen molar-refractivity contribution in [3.63, 3.8) is 0 Å². The number of carbonyl (C=O) groups is 2. The third kappa shape index (κ3) is 4.69. The third-order valence-corrected chi connectivity index (χ3v) is 5.67. The molecule has 1 aliphatic carbocycles. The number of benzene rings is 3. The number of ether oxygens (including phenoxy) is 1. The molecule has 0 bridgehead atoms. The summed E-state index contributed by atoms with van der Waals surface area (Å²) in [6.45, 7) is -0.0568. The Morgan fingerprint density at radius 3 is 2.03 bits per heavy atom. The predicted octanol–water partition coefficient (Wildman–Crippen LogP) is 3.91.